The minimum absolute atomic E-state index is 0.603. The Morgan fingerprint density at radius 3 is 2.52 bits per heavy atom. The molecule has 21 heavy (non-hydrogen) atoms. The highest BCUT2D eigenvalue weighted by Crippen LogP contribution is 2.38. The van der Waals surface area contributed by atoms with Gasteiger partial charge in [0, 0.05) is 13.6 Å². The molecule has 0 N–H and O–H groups in total. The number of benzene rings is 1. The first-order valence-electron chi connectivity index (χ1n) is 8.16. The Hall–Kier alpha value is -1.42. The van der Waals surface area contributed by atoms with E-state index in [-0.39, 0.29) is 0 Å². The van der Waals surface area contributed by atoms with Gasteiger partial charge in [0.05, 0.1) is 5.52 Å². The number of rotatable bonds is 4. The number of hydrogen-bond acceptors (Lipinski definition) is 3. The maximum atomic E-state index is 4.22. The molecule has 1 saturated heterocycles. The summed E-state index contributed by atoms with van der Waals surface area (Å²) in [6.07, 6.45) is 5.33. The van der Waals surface area contributed by atoms with Crippen LogP contribution in [0, 0.1) is 5.41 Å². The van der Waals surface area contributed by atoms with Crippen LogP contribution in [-0.2, 0) is 13.6 Å². The zero-order valence-corrected chi connectivity index (χ0v) is 13.5. The Kier molecular flexibility index (Phi) is 3.98. The van der Waals surface area contributed by atoms with Crippen molar-refractivity contribution in [3.8, 4) is 0 Å². The van der Waals surface area contributed by atoms with Gasteiger partial charge in [-0.25, -0.2) is 4.68 Å². The van der Waals surface area contributed by atoms with Crippen LogP contribution in [0.15, 0.2) is 18.2 Å². The average molecular weight is 286 g/mol. The van der Waals surface area contributed by atoms with Gasteiger partial charge >= 0.3 is 0 Å². The fourth-order valence-corrected chi connectivity index (χ4v) is 3.59. The molecule has 4 heteroatoms. The molecule has 1 aliphatic rings. The molecule has 0 bridgehead atoms. The molecule has 4 nitrogen and oxygen atoms in total. The van der Waals surface area contributed by atoms with Gasteiger partial charge in [-0.3, -0.25) is 4.90 Å². The average Bonchev–Trinajstić information content (AvgIpc) is 2.89. The molecule has 0 atom stereocenters. The second kappa shape index (κ2) is 5.76. The predicted octanol–water partition coefficient (Wildman–Crippen LogP) is 3.37. The maximum Gasteiger partial charge on any atom is 0.113 e. The highest BCUT2D eigenvalue weighted by Gasteiger charge is 2.30. The van der Waals surface area contributed by atoms with E-state index in [4.69, 9.17) is 0 Å². The lowest BCUT2D eigenvalue weighted by molar-refractivity contribution is 0.0909. The van der Waals surface area contributed by atoms with Crippen molar-refractivity contribution in [3.63, 3.8) is 0 Å². The molecule has 0 aliphatic carbocycles. The van der Waals surface area contributed by atoms with E-state index in [1.807, 2.05) is 11.7 Å². The molecule has 2 heterocycles. The minimum atomic E-state index is 0.603. The van der Waals surface area contributed by atoms with E-state index in [1.165, 1.54) is 44.3 Å². The lowest BCUT2D eigenvalue weighted by Crippen LogP contribution is -2.39. The van der Waals surface area contributed by atoms with Crippen molar-refractivity contribution < 1.29 is 0 Å². The molecule has 2 aromatic rings. The van der Waals surface area contributed by atoms with Crippen molar-refractivity contribution in [1.29, 1.82) is 0 Å². The second-order valence-electron chi connectivity index (χ2n) is 6.52. The Morgan fingerprint density at radius 2 is 1.86 bits per heavy atom. The minimum Gasteiger partial charge on any atom is -0.299 e. The van der Waals surface area contributed by atoms with Gasteiger partial charge in [-0.05, 0) is 49.0 Å². The van der Waals surface area contributed by atoms with Crippen LogP contribution < -0.4 is 0 Å². The van der Waals surface area contributed by atoms with Gasteiger partial charge < -0.3 is 0 Å². The molecular formula is C17H26N4. The first-order chi connectivity index (χ1) is 10.2. The number of nitrogens with zero attached hydrogens (tertiary/aromatic N) is 4. The zero-order valence-electron chi connectivity index (χ0n) is 13.5. The third kappa shape index (κ3) is 2.82. The van der Waals surface area contributed by atoms with Crippen LogP contribution in [0.25, 0.3) is 11.0 Å². The van der Waals surface area contributed by atoms with Crippen LogP contribution in [0.1, 0.15) is 45.1 Å². The molecule has 0 unspecified atom stereocenters. The Bertz CT molecular complexity index is 602. The molecule has 0 amide bonds. The zero-order chi connectivity index (χ0) is 14.9. The number of fused-ring (bicyclic) bond motifs is 1. The summed E-state index contributed by atoms with van der Waals surface area (Å²) < 4.78 is 1.83. The number of aryl methyl sites for hydroxylation is 1. The monoisotopic (exact) mass is 286 g/mol. The van der Waals surface area contributed by atoms with Gasteiger partial charge in [0.1, 0.15) is 5.52 Å². The Balaban J connectivity index is 1.66. The van der Waals surface area contributed by atoms with Crippen LogP contribution in [0.4, 0.5) is 0 Å². The van der Waals surface area contributed by atoms with E-state index < -0.39 is 0 Å². The highest BCUT2D eigenvalue weighted by atomic mass is 15.4. The van der Waals surface area contributed by atoms with Gasteiger partial charge in [0.2, 0.25) is 0 Å². The number of piperidine rings is 1. The summed E-state index contributed by atoms with van der Waals surface area (Å²) >= 11 is 0. The van der Waals surface area contributed by atoms with Gasteiger partial charge in [-0.2, -0.15) is 0 Å². The van der Waals surface area contributed by atoms with Crippen molar-refractivity contribution in [2.75, 3.05) is 13.1 Å². The SMILES string of the molecule is CCC1(CC)CCN(Cc2ccc3c(c2)nnn3C)CC1. The number of aromatic nitrogens is 3. The first-order valence-corrected chi connectivity index (χ1v) is 8.16. The van der Waals surface area contributed by atoms with Crippen LogP contribution in [0.2, 0.25) is 0 Å². The van der Waals surface area contributed by atoms with Gasteiger partial charge in [0.25, 0.3) is 0 Å². The highest BCUT2D eigenvalue weighted by molar-refractivity contribution is 5.74. The van der Waals surface area contributed by atoms with Gasteiger partial charge in [-0.15, -0.1) is 5.10 Å². The molecule has 1 fully saturated rings. The molecule has 1 aromatic heterocycles. The summed E-state index contributed by atoms with van der Waals surface area (Å²) in [6, 6.07) is 6.54. The van der Waals surface area contributed by atoms with E-state index in [0.29, 0.717) is 5.41 Å². The summed E-state index contributed by atoms with van der Waals surface area (Å²) in [5, 5.41) is 8.29. The molecule has 3 rings (SSSR count). The third-order valence-electron chi connectivity index (χ3n) is 5.50. The van der Waals surface area contributed by atoms with Crippen LogP contribution in [0.5, 0.6) is 0 Å². The summed E-state index contributed by atoms with van der Waals surface area (Å²) in [5.74, 6) is 0. The molecular weight excluding hydrogens is 260 g/mol. The van der Waals surface area contributed by atoms with E-state index in [1.54, 1.807) is 0 Å². The smallest absolute Gasteiger partial charge is 0.113 e. The maximum absolute atomic E-state index is 4.22. The quantitative estimate of drug-likeness (QED) is 0.864. The molecule has 0 radical (unpaired) electrons. The fourth-order valence-electron chi connectivity index (χ4n) is 3.59. The molecule has 0 saturated carbocycles. The summed E-state index contributed by atoms with van der Waals surface area (Å²) in [7, 11) is 1.94. The van der Waals surface area contributed by atoms with Crippen LogP contribution in [-0.4, -0.2) is 33.0 Å². The number of likely N-dealkylation sites (tertiary alicyclic amines) is 1. The summed E-state index contributed by atoms with van der Waals surface area (Å²) in [4.78, 5) is 2.58. The standard InChI is InChI=1S/C17H26N4/c1-4-17(5-2)8-10-21(11-9-17)13-14-6-7-16-15(12-14)18-19-20(16)3/h6-7,12H,4-5,8-11,13H2,1-3H3. The summed E-state index contributed by atoms with van der Waals surface area (Å²) in [6.45, 7) is 8.18. The molecule has 114 valence electrons. The van der Waals surface area contributed by atoms with Gasteiger partial charge in [-0.1, -0.05) is 38.0 Å². The Morgan fingerprint density at radius 1 is 1.14 bits per heavy atom. The fraction of sp³-hybridized carbons (Fsp3) is 0.647. The topological polar surface area (TPSA) is 34.0 Å². The molecule has 1 aromatic carbocycles. The third-order valence-corrected chi connectivity index (χ3v) is 5.50. The lowest BCUT2D eigenvalue weighted by atomic mass is 9.74. The van der Waals surface area contributed by atoms with E-state index >= 15 is 0 Å². The van der Waals surface area contributed by atoms with E-state index in [2.05, 4.69) is 47.3 Å². The van der Waals surface area contributed by atoms with Crippen molar-refractivity contribution in [2.24, 2.45) is 12.5 Å². The van der Waals surface area contributed by atoms with Gasteiger partial charge in [0.15, 0.2) is 0 Å². The largest absolute Gasteiger partial charge is 0.299 e. The van der Waals surface area contributed by atoms with Crippen molar-refractivity contribution in [3.05, 3.63) is 23.8 Å². The number of hydrogen-bond donors (Lipinski definition) is 0. The molecule has 0 spiro atoms. The van der Waals surface area contributed by atoms with Crippen molar-refractivity contribution in [2.45, 2.75) is 46.1 Å². The summed E-state index contributed by atoms with van der Waals surface area (Å²) in [5.41, 5.74) is 4.06. The van der Waals surface area contributed by atoms with Crippen molar-refractivity contribution in [1.82, 2.24) is 19.9 Å². The van der Waals surface area contributed by atoms with E-state index in [0.717, 1.165) is 17.6 Å². The van der Waals surface area contributed by atoms with E-state index in [9.17, 15) is 0 Å². The first kappa shape index (κ1) is 14.5. The van der Waals surface area contributed by atoms with Crippen LogP contribution >= 0.6 is 0 Å². The predicted molar refractivity (Wildman–Crippen MR) is 86.0 cm³/mol. The normalized spacial score (nSPS) is 19.2. The van der Waals surface area contributed by atoms with Crippen molar-refractivity contribution >= 4 is 11.0 Å². The van der Waals surface area contributed by atoms with Crippen LogP contribution in [0.3, 0.4) is 0 Å². The molecule has 1 aliphatic heterocycles. The Labute approximate surface area is 127 Å². The lowest BCUT2D eigenvalue weighted by Gasteiger charge is -2.41. The second-order valence-corrected chi connectivity index (χ2v) is 6.52.